The van der Waals surface area contributed by atoms with Crippen LogP contribution in [0.5, 0.6) is 0 Å². The van der Waals surface area contributed by atoms with Crippen molar-refractivity contribution in [3.8, 4) is 5.69 Å². The van der Waals surface area contributed by atoms with Gasteiger partial charge < -0.3 is 5.32 Å². The number of hydrogen-bond donors (Lipinski definition) is 1. The molecule has 2 aromatic heterocycles. The SMILES string of the molecule is CCc1nc2ccccc2c(C(=O)Nc2ccc(C)c(-n3nnnc3C)c2)c1C. The molecule has 4 rings (SSSR count). The molecule has 29 heavy (non-hydrogen) atoms. The molecule has 2 aromatic carbocycles. The largest absolute Gasteiger partial charge is 0.322 e. The molecular formula is C22H22N6O. The molecule has 0 aliphatic carbocycles. The first-order chi connectivity index (χ1) is 14.0. The van der Waals surface area contributed by atoms with E-state index in [-0.39, 0.29) is 5.91 Å². The molecule has 4 aromatic rings. The third-order valence-electron chi connectivity index (χ3n) is 5.12. The molecule has 0 spiro atoms. The fraction of sp³-hybridized carbons (Fsp3) is 0.227. The average Bonchev–Trinajstić information content (AvgIpc) is 3.14. The van der Waals surface area contributed by atoms with Crippen LogP contribution >= 0.6 is 0 Å². The van der Waals surface area contributed by atoms with Crippen LogP contribution in [0, 0.1) is 20.8 Å². The Morgan fingerprint density at radius 2 is 1.90 bits per heavy atom. The lowest BCUT2D eigenvalue weighted by molar-refractivity contribution is 0.102. The smallest absolute Gasteiger partial charge is 0.256 e. The summed E-state index contributed by atoms with van der Waals surface area (Å²) in [6.07, 6.45) is 0.768. The number of anilines is 1. The summed E-state index contributed by atoms with van der Waals surface area (Å²) in [5.41, 5.74) is 5.86. The number of pyridine rings is 1. The minimum atomic E-state index is -0.154. The quantitative estimate of drug-likeness (QED) is 0.574. The molecule has 0 saturated heterocycles. The Hall–Kier alpha value is -3.61. The number of carbonyl (C=O) groups is 1. The first-order valence-electron chi connectivity index (χ1n) is 9.55. The Labute approximate surface area is 168 Å². The van der Waals surface area contributed by atoms with Crippen LogP contribution in [-0.2, 0) is 6.42 Å². The standard InChI is InChI=1S/C22H22N6O/c1-5-18-14(3)21(17-8-6-7-9-19(17)24-18)22(29)23-16-11-10-13(2)20(12-16)28-15(4)25-26-27-28/h6-12H,5H2,1-4H3,(H,23,29). The lowest BCUT2D eigenvalue weighted by Gasteiger charge is -2.15. The van der Waals surface area contributed by atoms with Crippen molar-refractivity contribution in [1.82, 2.24) is 25.2 Å². The Morgan fingerprint density at radius 1 is 1.10 bits per heavy atom. The van der Waals surface area contributed by atoms with Gasteiger partial charge in [0, 0.05) is 16.8 Å². The topological polar surface area (TPSA) is 85.6 Å². The molecular weight excluding hydrogens is 364 g/mol. The maximum absolute atomic E-state index is 13.3. The zero-order valence-corrected chi connectivity index (χ0v) is 16.9. The number of tetrazole rings is 1. The van der Waals surface area contributed by atoms with Crippen molar-refractivity contribution in [2.75, 3.05) is 5.32 Å². The first kappa shape index (κ1) is 18.7. The van der Waals surface area contributed by atoms with Crippen molar-refractivity contribution in [2.45, 2.75) is 34.1 Å². The van der Waals surface area contributed by atoms with Crippen molar-refractivity contribution >= 4 is 22.5 Å². The van der Waals surface area contributed by atoms with Gasteiger partial charge in [-0.2, -0.15) is 4.68 Å². The molecule has 0 unspecified atom stereocenters. The number of nitrogens with one attached hydrogen (secondary N) is 1. The summed E-state index contributed by atoms with van der Waals surface area (Å²) >= 11 is 0. The number of hydrogen-bond acceptors (Lipinski definition) is 5. The van der Waals surface area contributed by atoms with Crippen LogP contribution in [-0.4, -0.2) is 31.1 Å². The molecule has 1 amide bonds. The lowest BCUT2D eigenvalue weighted by Crippen LogP contribution is -2.16. The van der Waals surface area contributed by atoms with Crippen LogP contribution in [0.3, 0.4) is 0 Å². The molecule has 0 aliphatic rings. The van der Waals surface area contributed by atoms with E-state index in [0.717, 1.165) is 39.8 Å². The minimum absolute atomic E-state index is 0.154. The monoisotopic (exact) mass is 386 g/mol. The molecule has 0 saturated carbocycles. The van der Waals surface area contributed by atoms with E-state index in [4.69, 9.17) is 4.98 Å². The molecule has 7 nitrogen and oxygen atoms in total. The lowest BCUT2D eigenvalue weighted by atomic mass is 9.99. The number of rotatable bonds is 4. The van der Waals surface area contributed by atoms with Gasteiger partial charge in [0.25, 0.3) is 5.91 Å². The van der Waals surface area contributed by atoms with Crippen LogP contribution in [0.2, 0.25) is 0 Å². The second-order valence-electron chi connectivity index (χ2n) is 7.02. The molecule has 0 radical (unpaired) electrons. The predicted molar refractivity (Wildman–Crippen MR) is 112 cm³/mol. The van der Waals surface area contributed by atoms with E-state index in [9.17, 15) is 4.79 Å². The fourth-order valence-electron chi connectivity index (χ4n) is 3.56. The molecule has 0 bridgehead atoms. The highest BCUT2D eigenvalue weighted by Gasteiger charge is 2.18. The first-order valence-corrected chi connectivity index (χ1v) is 9.55. The number of amides is 1. The normalized spacial score (nSPS) is 11.0. The summed E-state index contributed by atoms with van der Waals surface area (Å²) < 4.78 is 1.66. The van der Waals surface area contributed by atoms with Crippen molar-refractivity contribution < 1.29 is 4.79 Å². The number of aromatic nitrogens is 5. The average molecular weight is 386 g/mol. The zero-order valence-electron chi connectivity index (χ0n) is 16.9. The summed E-state index contributed by atoms with van der Waals surface area (Å²) in [6.45, 7) is 7.82. The Morgan fingerprint density at radius 3 is 2.62 bits per heavy atom. The summed E-state index contributed by atoms with van der Waals surface area (Å²) in [7, 11) is 0. The Balaban J connectivity index is 1.76. The van der Waals surface area contributed by atoms with Crippen molar-refractivity contribution in [3.05, 3.63) is 70.7 Å². The summed E-state index contributed by atoms with van der Waals surface area (Å²) in [6, 6.07) is 13.5. The van der Waals surface area contributed by atoms with Gasteiger partial charge in [-0.05, 0) is 66.9 Å². The highest BCUT2D eigenvalue weighted by atomic mass is 16.1. The third-order valence-corrected chi connectivity index (χ3v) is 5.12. The Bertz CT molecular complexity index is 1230. The van der Waals surface area contributed by atoms with Crippen LogP contribution in [0.25, 0.3) is 16.6 Å². The molecule has 0 fully saturated rings. The molecule has 1 N–H and O–H groups in total. The van der Waals surface area contributed by atoms with Gasteiger partial charge in [0.1, 0.15) is 0 Å². The second kappa shape index (κ2) is 7.43. The molecule has 0 atom stereocenters. The Kier molecular flexibility index (Phi) is 4.80. The highest BCUT2D eigenvalue weighted by molar-refractivity contribution is 6.13. The fourth-order valence-corrected chi connectivity index (χ4v) is 3.56. The zero-order chi connectivity index (χ0) is 20.5. The van der Waals surface area contributed by atoms with E-state index >= 15 is 0 Å². The third kappa shape index (κ3) is 3.35. The summed E-state index contributed by atoms with van der Waals surface area (Å²) in [5.74, 6) is 0.527. The number of fused-ring (bicyclic) bond motifs is 1. The van der Waals surface area contributed by atoms with Gasteiger partial charge in [-0.3, -0.25) is 9.78 Å². The number of aryl methyl sites for hydroxylation is 3. The maximum atomic E-state index is 13.3. The van der Waals surface area contributed by atoms with E-state index in [1.54, 1.807) is 4.68 Å². The van der Waals surface area contributed by atoms with E-state index < -0.39 is 0 Å². The highest BCUT2D eigenvalue weighted by Crippen LogP contribution is 2.26. The van der Waals surface area contributed by atoms with Gasteiger partial charge in [-0.25, -0.2) is 0 Å². The van der Waals surface area contributed by atoms with E-state index in [0.29, 0.717) is 17.1 Å². The van der Waals surface area contributed by atoms with Gasteiger partial charge in [-0.1, -0.05) is 31.2 Å². The number of para-hydroxylation sites is 1. The van der Waals surface area contributed by atoms with Crippen LogP contribution in [0.15, 0.2) is 42.5 Å². The summed E-state index contributed by atoms with van der Waals surface area (Å²) in [5, 5.41) is 15.6. The molecule has 2 heterocycles. The molecule has 146 valence electrons. The van der Waals surface area contributed by atoms with Gasteiger partial charge in [0.05, 0.1) is 16.8 Å². The van der Waals surface area contributed by atoms with Crippen molar-refractivity contribution in [1.29, 1.82) is 0 Å². The van der Waals surface area contributed by atoms with Gasteiger partial charge in [0.15, 0.2) is 5.82 Å². The second-order valence-corrected chi connectivity index (χ2v) is 7.02. The van der Waals surface area contributed by atoms with Crippen LogP contribution in [0.1, 0.15) is 39.9 Å². The maximum Gasteiger partial charge on any atom is 0.256 e. The van der Waals surface area contributed by atoms with E-state index in [2.05, 4.69) is 20.8 Å². The number of nitrogens with zero attached hydrogens (tertiary/aromatic N) is 5. The molecule has 0 aliphatic heterocycles. The number of benzene rings is 2. The van der Waals surface area contributed by atoms with Gasteiger partial charge >= 0.3 is 0 Å². The van der Waals surface area contributed by atoms with E-state index in [1.807, 2.05) is 70.2 Å². The molecule has 7 heteroatoms. The van der Waals surface area contributed by atoms with Crippen molar-refractivity contribution in [3.63, 3.8) is 0 Å². The minimum Gasteiger partial charge on any atom is -0.322 e. The van der Waals surface area contributed by atoms with Crippen LogP contribution < -0.4 is 5.32 Å². The van der Waals surface area contributed by atoms with E-state index in [1.165, 1.54) is 0 Å². The number of carbonyl (C=O) groups excluding carboxylic acids is 1. The van der Waals surface area contributed by atoms with Gasteiger partial charge in [-0.15, -0.1) is 5.10 Å². The van der Waals surface area contributed by atoms with Crippen LogP contribution in [0.4, 0.5) is 5.69 Å². The van der Waals surface area contributed by atoms with Gasteiger partial charge in [0.2, 0.25) is 0 Å². The predicted octanol–water partition coefficient (Wildman–Crippen LogP) is 3.95. The summed E-state index contributed by atoms with van der Waals surface area (Å²) in [4.78, 5) is 18.0. The van der Waals surface area contributed by atoms with Crippen molar-refractivity contribution in [2.24, 2.45) is 0 Å².